The van der Waals surface area contributed by atoms with Gasteiger partial charge in [0.15, 0.2) is 17.5 Å². The van der Waals surface area contributed by atoms with Crippen molar-refractivity contribution >= 4 is 10.8 Å². The van der Waals surface area contributed by atoms with Gasteiger partial charge >= 0.3 is 0 Å². The molecule has 0 saturated carbocycles. The monoisotopic (exact) mass is 513 g/mol. The van der Waals surface area contributed by atoms with Crippen molar-refractivity contribution in [2.45, 2.75) is 0 Å². The normalized spacial score (nSPS) is 11.0. The summed E-state index contributed by atoms with van der Waals surface area (Å²) in [7, 11) is 0. The van der Waals surface area contributed by atoms with Gasteiger partial charge in [-0.1, -0.05) is 103 Å². The lowest BCUT2D eigenvalue weighted by molar-refractivity contribution is 1.08. The van der Waals surface area contributed by atoms with E-state index in [1.807, 2.05) is 85.1 Å². The van der Waals surface area contributed by atoms with E-state index < -0.39 is 0 Å². The summed E-state index contributed by atoms with van der Waals surface area (Å²) in [6.07, 6.45) is 3.67. The maximum Gasteiger partial charge on any atom is 0.164 e. The van der Waals surface area contributed by atoms with Crippen LogP contribution in [-0.2, 0) is 0 Å². The smallest absolute Gasteiger partial charge is 0.164 e. The molecule has 0 atom stereocenters. The Morgan fingerprint density at radius 2 is 0.950 bits per heavy atom. The van der Waals surface area contributed by atoms with E-state index in [-0.39, 0.29) is 0 Å². The van der Waals surface area contributed by atoms with Gasteiger partial charge in [0.1, 0.15) is 0 Å². The van der Waals surface area contributed by atoms with Crippen LogP contribution < -0.4 is 0 Å². The van der Waals surface area contributed by atoms with E-state index in [0.29, 0.717) is 17.5 Å². The number of pyridine rings is 2. The molecule has 0 N–H and O–H groups in total. The maximum absolute atomic E-state index is 4.95. The van der Waals surface area contributed by atoms with E-state index >= 15 is 0 Å². The first-order valence-electron chi connectivity index (χ1n) is 13.1. The molecule has 0 unspecified atom stereocenters. The van der Waals surface area contributed by atoms with Crippen molar-refractivity contribution < 1.29 is 0 Å². The van der Waals surface area contributed by atoms with Gasteiger partial charge in [0.2, 0.25) is 0 Å². The summed E-state index contributed by atoms with van der Waals surface area (Å²) in [6.45, 7) is 0. The molecule has 188 valence electrons. The Hall–Kier alpha value is -5.55. The van der Waals surface area contributed by atoms with Gasteiger partial charge in [0.25, 0.3) is 0 Å². The predicted molar refractivity (Wildman–Crippen MR) is 160 cm³/mol. The second-order valence-corrected chi connectivity index (χ2v) is 9.39. The third-order valence-corrected chi connectivity index (χ3v) is 6.86. The third kappa shape index (κ3) is 4.50. The molecule has 0 aliphatic carbocycles. The van der Waals surface area contributed by atoms with Crippen molar-refractivity contribution in [1.82, 2.24) is 24.9 Å². The summed E-state index contributed by atoms with van der Waals surface area (Å²) >= 11 is 0. The predicted octanol–water partition coefficient (Wildman–Crippen LogP) is 8.15. The molecule has 5 heteroatoms. The van der Waals surface area contributed by atoms with E-state index in [1.54, 1.807) is 6.20 Å². The van der Waals surface area contributed by atoms with E-state index in [9.17, 15) is 0 Å². The molecule has 7 rings (SSSR count). The van der Waals surface area contributed by atoms with Crippen LogP contribution in [0.25, 0.3) is 67.5 Å². The number of benzene rings is 4. The molecule has 4 aromatic carbocycles. The summed E-state index contributed by atoms with van der Waals surface area (Å²) < 4.78 is 0. The maximum atomic E-state index is 4.95. The molecule has 0 spiro atoms. The van der Waals surface area contributed by atoms with Crippen molar-refractivity contribution in [2.75, 3.05) is 0 Å². The Bertz CT molecular complexity index is 1860. The highest BCUT2D eigenvalue weighted by atomic mass is 15.0. The number of fused-ring (bicyclic) bond motifs is 1. The zero-order chi connectivity index (χ0) is 26.7. The molecule has 0 fully saturated rings. The van der Waals surface area contributed by atoms with Crippen LogP contribution in [0.1, 0.15) is 0 Å². The second-order valence-electron chi connectivity index (χ2n) is 9.39. The Labute approximate surface area is 231 Å². The molecule has 0 aliphatic heterocycles. The molecule has 40 heavy (non-hydrogen) atoms. The SMILES string of the molecule is c1ccc(-c2nc(-c3ccccc3)nc(-c3cccc4c(-c5ccc(-c6ccccn6)cn5)cccc34)n2)cc1. The lowest BCUT2D eigenvalue weighted by atomic mass is 9.97. The molecule has 7 aromatic rings. The minimum Gasteiger partial charge on any atom is -0.256 e. The molecular formula is C35H23N5. The lowest BCUT2D eigenvalue weighted by Gasteiger charge is -2.12. The first kappa shape index (κ1) is 23.6. The molecule has 0 bridgehead atoms. The van der Waals surface area contributed by atoms with Gasteiger partial charge in [-0.2, -0.15) is 0 Å². The average Bonchev–Trinajstić information content (AvgIpc) is 3.05. The number of nitrogens with zero attached hydrogens (tertiary/aromatic N) is 5. The van der Waals surface area contributed by atoms with Gasteiger partial charge in [0, 0.05) is 40.2 Å². The summed E-state index contributed by atoms with van der Waals surface area (Å²) in [6, 6.07) is 42.6. The van der Waals surface area contributed by atoms with Crippen molar-refractivity contribution in [2.24, 2.45) is 0 Å². The largest absolute Gasteiger partial charge is 0.256 e. The zero-order valence-electron chi connectivity index (χ0n) is 21.5. The van der Waals surface area contributed by atoms with Gasteiger partial charge in [0.05, 0.1) is 11.4 Å². The zero-order valence-corrected chi connectivity index (χ0v) is 21.5. The molecule has 5 nitrogen and oxygen atoms in total. The van der Waals surface area contributed by atoms with Crippen LogP contribution in [0.4, 0.5) is 0 Å². The number of hydrogen-bond acceptors (Lipinski definition) is 5. The number of aromatic nitrogens is 5. The second kappa shape index (κ2) is 10.3. The van der Waals surface area contributed by atoms with Crippen LogP contribution in [0.5, 0.6) is 0 Å². The standard InChI is InChI=1S/C35H23N5/c1-3-11-24(12-4-1)33-38-34(25-13-5-2-6-14-25)40-35(39-33)30-18-10-15-27-28(30)16-9-17-29(27)32-21-20-26(23-37-32)31-19-7-8-22-36-31/h1-23H. The van der Waals surface area contributed by atoms with Crippen LogP contribution in [0.2, 0.25) is 0 Å². The van der Waals surface area contributed by atoms with Gasteiger partial charge in [-0.15, -0.1) is 0 Å². The lowest BCUT2D eigenvalue weighted by Crippen LogP contribution is -2.00. The molecule has 3 aromatic heterocycles. The summed E-state index contributed by atoms with van der Waals surface area (Å²) in [5, 5.41) is 2.14. The number of rotatable bonds is 5. The molecule has 0 saturated heterocycles. The van der Waals surface area contributed by atoms with Crippen molar-refractivity contribution in [3.05, 3.63) is 140 Å². The quantitative estimate of drug-likeness (QED) is 0.232. The fourth-order valence-electron chi connectivity index (χ4n) is 4.90. The average molecular weight is 514 g/mol. The molecule has 3 heterocycles. The Morgan fingerprint density at radius 3 is 1.55 bits per heavy atom. The van der Waals surface area contributed by atoms with Gasteiger partial charge in [-0.05, 0) is 35.0 Å². The first-order valence-corrected chi connectivity index (χ1v) is 13.1. The highest BCUT2D eigenvalue weighted by molar-refractivity contribution is 6.03. The van der Waals surface area contributed by atoms with Crippen molar-refractivity contribution in [1.29, 1.82) is 0 Å². The fourth-order valence-corrected chi connectivity index (χ4v) is 4.90. The summed E-state index contributed by atoms with van der Waals surface area (Å²) in [5.74, 6) is 1.92. The minimum atomic E-state index is 0.633. The van der Waals surface area contributed by atoms with Gasteiger partial charge < -0.3 is 0 Å². The van der Waals surface area contributed by atoms with Crippen LogP contribution in [-0.4, -0.2) is 24.9 Å². The summed E-state index contributed by atoms with van der Waals surface area (Å²) in [5.41, 5.74) is 6.67. The van der Waals surface area contributed by atoms with Gasteiger partial charge in [-0.3, -0.25) is 9.97 Å². The van der Waals surface area contributed by atoms with Crippen LogP contribution >= 0.6 is 0 Å². The molecular weight excluding hydrogens is 490 g/mol. The van der Waals surface area contributed by atoms with Crippen molar-refractivity contribution in [3.63, 3.8) is 0 Å². The minimum absolute atomic E-state index is 0.633. The van der Waals surface area contributed by atoms with Crippen LogP contribution in [0, 0.1) is 0 Å². The molecule has 0 amide bonds. The van der Waals surface area contributed by atoms with E-state index in [2.05, 4.69) is 53.5 Å². The Kier molecular flexibility index (Phi) is 6.07. The third-order valence-electron chi connectivity index (χ3n) is 6.86. The topological polar surface area (TPSA) is 64.5 Å². The Balaban J connectivity index is 1.37. The highest BCUT2D eigenvalue weighted by Crippen LogP contribution is 2.34. The highest BCUT2D eigenvalue weighted by Gasteiger charge is 2.15. The van der Waals surface area contributed by atoms with E-state index in [1.165, 1.54) is 0 Å². The van der Waals surface area contributed by atoms with E-state index in [4.69, 9.17) is 19.9 Å². The van der Waals surface area contributed by atoms with E-state index in [0.717, 1.165) is 50.0 Å². The Morgan fingerprint density at radius 1 is 0.350 bits per heavy atom. The van der Waals surface area contributed by atoms with Crippen molar-refractivity contribution in [3.8, 4) is 56.7 Å². The van der Waals surface area contributed by atoms with Gasteiger partial charge in [-0.25, -0.2) is 15.0 Å². The first-order chi connectivity index (χ1) is 19.8. The van der Waals surface area contributed by atoms with Crippen LogP contribution in [0.3, 0.4) is 0 Å². The van der Waals surface area contributed by atoms with Crippen LogP contribution in [0.15, 0.2) is 140 Å². The molecule has 0 radical (unpaired) electrons. The number of hydrogen-bond donors (Lipinski definition) is 0. The molecule has 0 aliphatic rings. The summed E-state index contributed by atoms with van der Waals surface area (Å²) in [4.78, 5) is 24.0. The fraction of sp³-hybridized carbons (Fsp3) is 0.